The monoisotopic (exact) mass is 410 g/mol. The summed E-state index contributed by atoms with van der Waals surface area (Å²) in [5, 5.41) is 22.7. The second-order valence-corrected chi connectivity index (χ2v) is 7.31. The Bertz CT molecular complexity index is 911. The van der Waals surface area contributed by atoms with Crippen molar-refractivity contribution in [1.29, 1.82) is 5.41 Å². The highest BCUT2D eigenvalue weighted by Crippen LogP contribution is 2.30. The van der Waals surface area contributed by atoms with Crippen LogP contribution in [0.25, 0.3) is 11.1 Å². The molecule has 0 saturated heterocycles. The van der Waals surface area contributed by atoms with Gasteiger partial charge in [0.25, 0.3) is 0 Å². The molecule has 0 aliphatic heterocycles. The fraction of sp³-hybridized carbons (Fsp3) is 0.375. The van der Waals surface area contributed by atoms with Gasteiger partial charge in [0.15, 0.2) is 0 Å². The number of nitrogen functional groups attached to an aromatic ring is 1. The highest BCUT2D eigenvalue weighted by Gasteiger charge is 2.20. The van der Waals surface area contributed by atoms with E-state index in [4.69, 9.17) is 15.7 Å². The Balaban J connectivity index is 0.000000673. The number of rotatable bonds is 4. The molecule has 0 amide bonds. The third-order valence-electron chi connectivity index (χ3n) is 3.92. The number of pyridine rings is 1. The first-order valence-corrected chi connectivity index (χ1v) is 10.2. The summed E-state index contributed by atoms with van der Waals surface area (Å²) in [5.74, 6) is 1.70. The van der Waals surface area contributed by atoms with Gasteiger partial charge in [-0.2, -0.15) is 0 Å². The summed E-state index contributed by atoms with van der Waals surface area (Å²) < 4.78 is 5.18. The third-order valence-corrected chi connectivity index (χ3v) is 3.92. The van der Waals surface area contributed by atoms with Crippen LogP contribution >= 0.6 is 0 Å². The maximum Gasteiger partial charge on any atom is 0.141 e. The second kappa shape index (κ2) is 11.9. The summed E-state index contributed by atoms with van der Waals surface area (Å²) in [5.41, 5.74) is 9.27. The van der Waals surface area contributed by atoms with Crippen molar-refractivity contribution in [1.82, 2.24) is 10.1 Å². The summed E-state index contributed by atoms with van der Waals surface area (Å²) in [6, 6.07) is 10.8. The van der Waals surface area contributed by atoms with Crippen molar-refractivity contribution in [3.63, 3.8) is 0 Å². The van der Waals surface area contributed by atoms with Crippen molar-refractivity contribution in [2.45, 2.75) is 54.6 Å². The number of aliphatic hydroxyl groups excluding tert-OH is 1. The van der Waals surface area contributed by atoms with Crippen molar-refractivity contribution < 1.29 is 9.63 Å². The maximum atomic E-state index is 10.5. The number of hydrogen-bond donors (Lipinski definition) is 3. The van der Waals surface area contributed by atoms with Crippen LogP contribution in [0.5, 0.6) is 0 Å². The molecule has 4 N–H and O–H groups in total. The minimum atomic E-state index is -1.07. The van der Waals surface area contributed by atoms with Crippen LogP contribution in [0.4, 0.5) is 5.82 Å². The molecule has 3 rings (SSSR count). The summed E-state index contributed by atoms with van der Waals surface area (Å²) >= 11 is 0. The zero-order valence-corrected chi connectivity index (χ0v) is 19.0. The molecule has 1 unspecified atom stereocenters. The van der Waals surface area contributed by atoms with E-state index >= 15 is 0 Å². The Morgan fingerprint density at radius 1 is 1.10 bits per heavy atom. The van der Waals surface area contributed by atoms with Crippen LogP contribution in [0.3, 0.4) is 0 Å². The van der Waals surface area contributed by atoms with Gasteiger partial charge in [-0.25, -0.2) is 4.98 Å². The number of benzene rings is 1. The molecule has 1 aromatic carbocycles. The van der Waals surface area contributed by atoms with E-state index in [-0.39, 0.29) is 11.5 Å². The zero-order valence-electron chi connectivity index (χ0n) is 19.0. The average Bonchev–Trinajstić information content (AvgIpc) is 3.07. The van der Waals surface area contributed by atoms with Gasteiger partial charge >= 0.3 is 0 Å². The number of nitrogens with two attached hydrogens (primary N) is 1. The highest BCUT2D eigenvalue weighted by molar-refractivity contribution is 6.06. The molecule has 2 aromatic heterocycles. The van der Waals surface area contributed by atoms with E-state index in [1.165, 1.54) is 0 Å². The normalized spacial score (nSPS) is 11.1. The van der Waals surface area contributed by atoms with E-state index in [1.807, 2.05) is 45.9 Å². The van der Waals surface area contributed by atoms with E-state index in [0.717, 1.165) is 22.7 Å². The zero-order chi connectivity index (χ0) is 22.8. The van der Waals surface area contributed by atoms with E-state index in [2.05, 4.69) is 30.9 Å². The summed E-state index contributed by atoms with van der Waals surface area (Å²) in [6.45, 7) is 14.2. The SMILES string of the molecule is CC.CC(C)C.Cc1noc(C)c1-c1cnc(N)c(C(=N)C(O)c2ccccc2)c1. The molecule has 0 radical (unpaired) electrons. The molecular weight excluding hydrogens is 376 g/mol. The first-order chi connectivity index (χ1) is 14.2. The lowest BCUT2D eigenvalue weighted by Gasteiger charge is -2.15. The van der Waals surface area contributed by atoms with Crippen LogP contribution in [0.15, 0.2) is 47.1 Å². The second-order valence-electron chi connectivity index (χ2n) is 7.31. The van der Waals surface area contributed by atoms with Gasteiger partial charge < -0.3 is 20.8 Å². The summed E-state index contributed by atoms with van der Waals surface area (Å²) in [4.78, 5) is 4.17. The minimum absolute atomic E-state index is 0.000176. The maximum absolute atomic E-state index is 10.5. The van der Waals surface area contributed by atoms with Gasteiger partial charge in [-0.1, -0.05) is 70.1 Å². The molecule has 6 nitrogen and oxygen atoms in total. The number of aryl methyl sites for hydroxylation is 2. The van der Waals surface area contributed by atoms with Gasteiger partial charge in [-0.05, 0) is 31.4 Å². The molecule has 0 bridgehead atoms. The van der Waals surface area contributed by atoms with Crippen LogP contribution in [0, 0.1) is 25.2 Å². The topological polar surface area (TPSA) is 109 Å². The van der Waals surface area contributed by atoms with Crippen molar-refractivity contribution in [2.24, 2.45) is 5.92 Å². The molecule has 2 heterocycles. The fourth-order valence-electron chi connectivity index (χ4n) is 2.67. The highest BCUT2D eigenvalue weighted by atomic mass is 16.5. The van der Waals surface area contributed by atoms with Crippen LogP contribution in [-0.2, 0) is 0 Å². The predicted octanol–water partition coefficient (Wildman–Crippen LogP) is 5.73. The standard InChI is InChI=1S/C18H18N4O2.C4H10.C2H6/c1-10-15(11(2)24-22-10)13-8-14(18(20)21-9-13)16(19)17(23)12-6-4-3-5-7-12;1-4(2)3;1-2/h3-9,17,19,23H,1-2H3,(H2,20,21);4H,1-3H3;1-2H3. The minimum Gasteiger partial charge on any atom is -0.383 e. The van der Waals surface area contributed by atoms with Crippen molar-refractivity contribution in [3.8, 4) is 11.1 Å². The van der Waals surface area contributed by atoms with Crippen LogP contribution in [0.1, 0.15) is 63.3 Å². The largest absolute Gasteiger partial charge is 0.383 e. The van der Waals surface area contributed by atoms with Crippen LogP contribution in [-0.4, -0.2) is 21.0 Å². The van der Waals surface area contributed by atoms with Gasteiger partial charge in [-0.3, -0.25) is 0 Å². The Morgan fingerprint density at radius 2 is 1.67 bits per heavy atom. The molecule has 0 fully saturated rings. The van der Waals surface area contributed by atoms with Crippen molar-refractivity contribution in [2.75, 3.05) is 5.73 Å². The Morgan fingerprint density at radius 3 is 2.17 bits per heavy atom. The summed E-state index contributed by atoms with van der Waals surface area (Å²) in [7, 11) is 0. The molecule has 0 aliphatic carbocycles. The van der Waals surface area contributed by atoms with Gasteiger partial charge in [0.05, 0.1) is 11.4 Å². The number of nitrogens with one attached hydrogen (secondary N) is 1. The molecule has 0 spiro atoms. The van der Waals surface area contributed by atoms with Gasteiger partial charge in [0, 0.05) is 22.9 Å². The first kappa shape index (κ1) is 25.0. The van der Waals surface area contributed by atoms with Crippen molar-refractivity contribution >= 4 is 11.5 Å². The summed E-state index contributed by atoms with van der Waals surface area (Å²) in [6.07, 6.45) is 0.545. The van der Waals surface area contributed by atoms with Crippen LogP contribution < -0.4 is 5.73 Å². The molecule has 30 heavy (non-hydrogen) atoms. The molecule has 6 heteroatoms. The molecule has 162 valence electrons. The smallest absolute Gasteiger partial charge is 0.141 e. The Kier molecular flexibility index (Phi) is 9.92. The van der Waals surface area contributed by atoms with E-state index in [9.17, 15) is 5.11 Å². The number of hydrogen-bond acceptors (Lipinski definition) is 6. The molecule has 0 saturated carbocycles. The van der Waals surface area contributed by atoms with E-state index < -0.39 is 6.10 Å². The number of aliphatic hydroxyl groups is 1. The molecular formula is C24H34N4O2. The predicted molar refractivity (Wildman–Crippen MR) is 124 cm³/mol. The lowest BCUT2D eigenvalue weighted by atomic mass is 9.97. The number of anilines is 1. The Labute approximate surface area is 179 Å². The van der Waals surface area contributed by atoms with E-state index in [0.29, 0.717) is 16.9 Å². The first-order valence-electron chi connectivity index (χ1n) is 10.2. The average molecular weight is 411 g/mol. The molecule has 1 atom stereocenters. The fourth-order valence-corrected chi connectivity index (χ4v) is 2.67. The van der Waals surface area contributed by atoms with Crippen molar-refractivity contribution in [3.05, 3.63) is 65.2 Å². The van der Waals surface area contributed by atoms with Gasteiger partial charge in [0.2, 0.25) is 0 Å². The van der Waals surface area contributed by atoms with Crippen LogP contribution in [0.2, 0.25) is 0 Å². The quantitative estimate of drug-likeness (QED) is 0.476. The number of aromatic nitrogens is 2. The third kappa shape index (κ3) is 6.52. The molecule has 0 aliphatic rings. The lowest BCUT2D eigenvalue weighted by Crippen LogP contribution is -2.15. The lowest BCUT2D eigenvalue weighted by molar-refractivity contribution is 0.247. The molecule has 3 aromatic rings. The Hall–Kier alpha value is -2.99. The number of nitrogens with zero attached hydrogens (tertiary/aromatic N) is 2. The van der Waals surface area contributed by atoms with E-state index in [1.54, 1.807) is 24.4 Å². The van der Waals surface area contributed by atoms with Gasteiger partial charge in [-0.15, -0.1) is 0 Å². The van der Waals surface area contributed by atoms with Gasteiger partial charge in [0.1, 0.15) is 17.7 Å².